The summed E-state index contributed by atoms with van der Waals surface area (Å²) in [5.74, 6) is 3.20. The Labute approximate surface area is 172 Å². The van der Waals surface area contributed by atoms with E-state index in [1.54, 1.807) is 4.90 Å². The van der Waals surface area contributed by atoms with Gasteiger partial charge in [-0.15, -0.1) is 0 Å². The Morgan fingerprint density at radius 1 is 1.10 bits per heavy atom. The van der Waals surface area contributed by atoms with Crippen molar-refractivity contribution in [3.8, 4) is 11.5 Å². The summed E-state index contributed by atoms with van der Waals surface area (Å²) in [6, 6.07) is 15.4. The maximum absolute atomic E-state index is 14.1. The first-order valence-corrected chi connectivity index (χ1v) is 9.89. The number of nitrogens with zero attached hydrogens (tertiary/aromatic N) is 1. The highest BCUT2D eigenvalue weighted by atomic mass is 16.7. The fourth-order valence-electron chi connectivity index (χ4n) is 4.91. The molecule has 0 saturated carbocycles. The number of amides is 1. The van der Waals surface area contributed by atoms with Gasteiger partial charge in [-0.1, -0.05) is 18.2 Å². The van der Waals surface area contributed by atoms with E-state index in [1.807, 2.05) is 60.8 Å². The topological polar surface area (TPSA) is 92.4 Å². The largest absolute Gasteiger partial charge is 0.464 e. The monoisotopic (exact) mass is 402 g/mol. The first-order valence-electron chi connectivity index (χ1n) is 9.89. The highest BCUT2D eigenvalue weighted by Crippen LogP contribution is 2.53. The molecule has 3 aliphatic rings. The number of quaternary nitrogens is 1. The molecule has 7 nitrogen and oxygen atoms in total. The van der Waals surface area contributed by atoms with Crippen LogP contribution in [0.3, 0.4) is 0 Å². The highest BCUT2D eigenvalue weighted by Gasteiger charge is 2.57. The zero-order valence-electron chi connectivity index (χ0n) is 16.4. The van der Waals surface area contributed by atoms with Crippen LogP contribution in [0.1, 0.15) is 29.1 Å². The van der Waals surface area contributed by atoms with Crippen LogP contribution in [0.15, 0.2) is 52.9 Å². The van der Waals surface area contributed by atoms with Crippen LogP contribution in [0.25, 0.3) is 0 Å². The number of para-hydroxylation sites is 1. The summed E-state index contributed by atoms with van der Waals surface area (Å²) in [6.45, 7) is 2.40. The number of carbonyl (C=O) groups excluding carboxylic acids is 1. The summed E-state index contributed by atoms with van der Waals surface area (Å²) in [4.78, 5) is 15.8. The van der Waals surface area contributed by atoms with Gasteiger partial charge in [0.1, 0.15) is 22.6 Å². The second kappa shape index (κ2) is 5.96. The van der Waals surface area contributed by atoms with Crippen LogP contribution in [0.5, 0.6) is 11.5 Å². The lowest BCUT2D eigenvalue weighted by Crippen LogP contribution is -2.85. The Bertz CT molecular complexity index is 1230. The molecule has 6 rings (SSSR count). The number of nitrogens with one attached hydrogen (secondary N) is 1. The third-order valence-electron chi connectivity index (χ3n) is 6.16. The zero-order chi connectivity index (χ0) is 20.5. The predicted octanol–water partition coefficient (Wildman–Crippen LogP) is 2.73. The second-order valence-electron chi connectivity index (χ2n) is 7.97. The van der Waals surface area contributed by atoms with Crippen LogP contribution < -0.4 is 19.7 Å². The summed E-state index contributed by atoms with van der Waals surface area (Å²) in [5, 5.41) is 10.3. The molecule has 3 N–H and O–H groups in total. The van der Waals surface area contributed by atoms with Crippen molar-refractivity contribution in [3.05, 3.63) is 71.2 Å². The van der Waals surface area contributed by atoms with Crippen molar-refractivity contribution in [2.24, 2.45) is 0 Å². The summed E-state index contributed by atoms with van der Waals surface area (Å²) >= 11 is 0. The maximum Gasteiger partial charge on any atom is 0.243 e. The van der Waals surface area contributed by atoms with E-state index in [-0.39, 0.29) is 12.7 Å². The molecule has 2 aromatic carbocycles. The Kier molecular flexibility index (Phi) is 3.44. The molecule has 1 aromatic heterocycles. The van der Waals surface area contributed by atoms with Crippen LogP contribution in [-0.2, 0) is 16.8 Å². The average Bonchev–Trinajstić information content (AvgIpc) is 3.42. The molecule has 0 saturated heterocycles. The van der Waals surface area contributed by atoms with Gasteiger partial charge in [-0.25, -0.2) is 0 Å². The van der Waals surface area contributed by atoms with Gasteiger partial charge in [-0.2, -0.15) is 0 Å². The van der Waals surface area contributed by atoms with Crippen molar-refractivity contribution >= 4 is 23.1 Å². The molecule has 0 radical (unpaired) electrons. The lowest BCUT2D eigenvalue weighted by atomic mass is 9.70. The van der Waals surface area contributed by atoms with Gasteiger partial charge in [-0.05, 0) is 36.8 Å². The van der Waals surface area contributed by atoms with Gasteiger partial charge in [0.2, 0.25) is 12.7 Å². The van der Waals surface area contributed by atoms with Crippen LogP contribution in [0.2, 0.25) is 0 Å². The van der Waals surface area contributed by atoms with Crippen LogP contribution >= 0.6 is 0 Å². The van der Waals surface area contributed by atoms with Crippen molar-refractivity contribution in [1.29, 1.82) is 5.41 Å². The average molecular weight is 402 g/mol. The first-order chi connectivity index (χ1) is 14.6. The van der Waals surface area contributed by atoms with E-state index in [0.717, 1.165) is 34.0 Å². The first kappa shape index (κ1) is 17.3. The number of anilines is 1. The van der Waals surface area contributed by atoms with Crippen molar-refractivity contribution in [2.75, 3.05) is 11.7 Å². The number of aryl methyl sites for hydroxylation is 1. The molecule has 30 heavy (non-hydrogen) atoms. The van der Waals surface area contributed by atoms with E-state index in [2.05, 4.69) is 0 Å². The summed E-state index contributed by atoms with van der Waals surface area (Å²) in [5.41, 5.74) is 2.50. The summed E-state index contributed by atoms with van der Waals surface area (Å²) in [6.07, 6.45) is 0.309. The third kappa shape index (κ3) is 2.23. The number of amidine groups is 1. The molecule has 1 atom stereocenters. The maximum atomic E-state index is 14.1. The third-order valence-corrected chi connectivity index (χ3v) is 6.16. The molecule has 1 unspecified atom stereocenters. The normalized spacial score (nSPS) is 21.3. The lowest BCUT2D eigenvalue weighted by molar-refractivity contribution is -0.452. The van der Waals surface area contributed by atoms with Crippen LogP contribution in [0.4, 0.5) is 11.4 Å². The van der Waals surface area contributed by atoms with E-state index < -0.39 is 5.41 Å². The molecule has 1 spiro atoms. The van der Waals surface area contributed by atoms with Gasteiger partial charge < -0.3 is 18.8 Å². The molecule has 150 valence electrons. The smallest absolute Gasteiger partial charge is 0.243 e. The van der Waals surface area contributed by atoms with Crippen molar-refractivity contribution in [1.82, 2.24) is 0 Å². The van der Waals surface area contributed by atoms with Gasteiger partial charge in [0.15, 0.2) is 17.3 Å². The van der Waals surface area contributed by atoms with Gasteiger partial charge in [0, 0.05) is 17.3 Å². The molecule has 0 bridgehead atoms. The standard InChI is InChI=1S/C23H19N3O4/c1-13-6-7-14(30-13)11-26-18-5-3-2-4-15(18)23(22(26)27)10-21(24)25-17-9-20-19(8-16(17)23)28-12-29-20/h2-9H,10-12H2,1H3,(H2,24,25)/p+1. The van der Waals surface area contributed by atoms with Crippen LogP contribution in [-0.4, -0.2) is 18.5 Å². The molecule has 7 heteroatoms. The SMILES string of the molecule is Cc1ccc(CN2C(=O)C3(CC(=N)[NH2+]c4cc5c(cc43)OCO5)c3ccccc32)o1. The van der Waals surface area contributed by atoms with Crippen molar-refractivity contribution in [3.63, 3.8) is 0 Å². The molecule has 4 heterocycles. The quantitative estimate of drug-likeness (QED) is 0.645. The lowest BCUT2D eigenvalue weighted by Gasteiger charge is -2.32. The van der Waals surface area contributed by atoms with E-state index >= 15 is 0 Å². The Morgan fingerprint density at radius 2 is 1.90 bits per heavy atom. The minimum atomic E-state index is -0.958. The number of ether oxygens (including phenoxy) is 2. The van der Waals surface area contributed by atoms with E-state index in [4.69, 9.17) is 19.3 Å². The number of fused-ring (bicyclic) bond motifs is 5. The number of benzene rings is 2. The zero-order valence-corrected chi connectivity index (χ0v) is 16.4. The minimum absolute atomic E-state index is 0.0456. The highest BCUT2D eigenvalue weighted by molar-refractivity contribution is 6.13. The van der Waals surface area contributed by atoms with Gasteiger partial charge >= 0.3 is 0 Å². The summed E-state index contributed by atoms with van der Waals surface area (Å²) < 4.78 is 16.9. The molecule has 0 fully saturated rings. The summed E-state index contributed by atoms with van der Waals surface area (Å²) in [7, 11) is 0. The van der Waals surface area contributed by atoms with Crippen LogP contribution in [0, 0.1) is 12.3 Å². The van der Waals surface area contributed by atoms with Crippen molar-refractivity contribution in [2.45, 2.75) is 25.3 Å². The van der Waals surface area contributed by atoms with Gasteiger partial charge in [-0.3, -0.25) is 15.5 Å². The molecule has 0 aliphatic carbocycles. The number of hydrogen-bond acceptors (Lipinski definition) is 5. The van der Waals surface area contributed by atoms with Gasteiger partial charge in [0.05, 0.1) is 13.0 Å². The second-order valence-corrected chi connectivity index (χ2v) is 7.97. The molecular formula is C23H20N3O4+. The Morgan fingerprint density at radius 3 is 2.70 bits per heavy atom. The number of rotatable bonds is 2. The molecule has 3 aromatic rings. The fourth-order valence-corrected chi connectivity index (χ4v) is 4.91. The van der Waals surface area contributed by atoms with E-state index in [9.17, 15) is 4.79 Å². The molecule has 1 amide bonds. The fraction of sp³-hybridized carbons (Fsp3) is 0.217. The minimum Gasteiger partial charge on any atom is -0.464 e. The Balaban J connectivity index is 1.56. The predicted molar refractivity (Wildman–Crippen MR) is 108 cm³/mol. The number of hydrogen-bond donors (Lipinski definition) is 2. The number of carbonyl (C=O) groups is 1. The number of furan rings is 1. The Hall–Kier alpha value is -3.58. The molecule has 3 aliphatic heterocycles. The van der Waals surface area contributed by atoms with E-state index in [1.165, 1.54) is 0 Å². The van der Waals surface area contributed by atoms with Crippen molar-refractivity contribution < 1.29 is 24.0 Å². The number of nitrogens with two attached hydrogens (primary N) is 1. The molecular weight excluding hydrogens is 382 g/mol. The van der Waals surface area contributed by atoms with Gasteiger partial charge in [0.25, 0.3) is 0 Å². The van der Waals surface area contributed by atoms with E-state index in [0.29, 0.717) is 30.3 Å².